The van der Waals surface area contributed by atoms with E-state index in [-0.39, 0.29) is 35.3 Å². The fourth-order valence-electron chi connectivity index (χ4n) is 18.6. The molecule has 0 saturated heterocycles. The Morgan fingerprint density at radius 3 is 0.955 bits per heavy atom. The Labute approximate surface area is 660 Å². The van der Waals surface area contributed by atoms with E-state index in [1.165, 1.54) is 142 Å². The molecule has 9 aliphatic carbocycles. The Morgan fingerprint density at radius 2 is 0.652 bits per heavy atom. The summed E-state index contributed by atoms with van der Waals surface area (Å²) in [6, 6.07) is 21.9. The summed E-state index contributed by atoms with van der Waals surface area (Å²) in [5, 5.41) is 51.4. The quantitative estimate of drug-likeness (QED) is 0.0396. The molecule has 0 bridgehead atoms. The van der Waals surface area contributed by atoms with Gasteiger partial charge in [-0.3, -0.25) is 19.2 Å². The molecule has 8 N–H and O–H groups in total. The standard InChI is InChI=1S/C26H33N3O2.2C23H29N3O2.C20H23N3O2/c30-20-11-12-21-19(16-20)10-13-22-25(21)27-23(14-17-8-4-5-9-17)26(28-22)29-24(31)15-18-6-2-1-3-7-18;1-14(2)11-21(28)26-23-20(12-15-5-3-4-6-15)24-22-18-9-8-17(27)13-16(18)7-10-19(22)25-23;1-3-14(2)23(28)26-22-20(12-15-6-4-5-7-15)24-21-18-10-9-17(27)13-16(18)8-11-19(21)25-22;1-12(24)21-20-18(10-13-4-2-3-5-13)22-19-16-8-7-15(25)11-14(16)6-9-17(19)23-20/h11-12,16-18,30H,1-10,13-15H2,(H,28,29,31);8-9,13-15,27H,3-7,10-12H2,1-2H3,(H,25,26,28);9-10,13-15,27H,3-8,11-12H2,1-2H3,(H,25,26,28);7-8,11,13,25H,2-6,9-10H2,1H3,(H,21,23,24). The van der Waals surface area contributed by atoms with Gasteiger partial charge in [-0.2, -0.15) is 0 Å². The summed E-state index contributed by atoms with van der Waals surface area (Å²) in [6.45, 7) is 9.57. The lowest BCUT2D eigenvalue weighted by Gasteiger charge is -2.23. The number of hydrogen-bond acceptors (Lipinski definition) is 16. The van der Waals surface area contributed by atoms with Crippen molar-refractivity contribution in [2.24, 2.45) is 41.4 Å². The molecular formula is C92H114N12O8. The van der Waals surface area contributed by atoms with Gasteiger partial charge < -0.3 is 41.7 Å². The van der Waals surface area contributed by atoms with E-state index in [0.717, 1.165) is 196 Å². The molecule has 20 nitrogen and oxygen atoms in total. The fourth-order valence-corrected chi connectivity index (χ4v) is 18.6. The molecule has 0 aliphatic heterocycles. The third-order valence-electron chi connectivity index (χ3n) is 24.8. The molecule has 4 aromatic heterocycles. The van der Waals surface area contributed by atoms with Crippen molar-refractivity contribution in [3.8, 4) is 68.0 Å². The number of hydrogen-bond donors (Lipinski definition) is 8. The van der Waals surface area contributed by atoms with Crippen molar-refractivity contribution in [3.05, 3.63) is 141 Å². The van der Waals surface area contributed by atoms with Crippen molar-refractivity contribution in [3.63, 3.8) is 0 Å². The molecular weight excluding hydrogens is 1400 g/mol. The number of aryl methyl sites for hydroxylation is 8. The van der Waals surface area contributed by atoms with Gasteiger partial charge >= 0.3 is 0 Å². The van der Waals surface area contributed by atoms with E-state index >= 15 is 0 Å². The second-order valence-corrected chi connectivity index (χ2v) is 33.9. The Bertz CT molecular complexity index is 4740. The van der Waals surface area contributed by atoms with Crippen LogP contribution in [0, 0.1) is 41.4 Å². The number of amides is 4. The summed E-state index contributed by atoms with van der Waals surface area (Å²) in [4.78, 5) is 88.9. The summed E-state index contributed by atoms with van der Waals surface area (Å²) in [6.07, 6.45) is 38.0. The SMILES string of the molecule is CC(=O)Nc1nc2c(nc1CC1CCCC1)-c1ccc(O)cc1CC2.CC(C)CC(=O)Nc1nc2c(nc1CC1CCCC1)-c1ccc(O)cc1CC2.CCC(C)C(=O)Nc1nc2c(nc1CC1CCCC1)-c1ccc(O)cc1CC2.O=C(CC1CCCCC1)Nc1nc2c(nc1CC1CCCC1)-c1ccc(O)cc1CC2. The minimum absolute atomic E-state index is 0.0121. The molecule has 0 spiro atoms. The highest BCUT2D eigenvalue weighted by atomic mass is 16.3. The average Bonchev–Trinajstić information content (AvgIpc) is 0.922. The fraction of sp³-hybridized carbons (Fsp3) is 0.522. The molecule has 4 aromatic carbocycles. The van der Waals surface area contributed by atoms with Crippen molar-refractivity contribution in [2.75, 3.05) is 21.3 Å². The second kappa shape index (κ2) is 36.4. The molecule has 1 unspecified atom stereocenters. The highest BCUT2D eigenvalue weighted by molar-refractivity contribution is 5.93. The number of benzene rings is 4. The summed E-state index contributed by atoms with van der Waals surface area (Å²) < 4.78 is 0. The van der Waals surface area contributed by atoms with Crippen LogP contribution >= 0.6 is 0 Å². The van der Waals surface area contributed by atoms with Crippen LogP contribution in [0.25, 0.3) is 45.0 Å². The third-order valence-corrected chi connectivity index (χ3v) is 24.8. The number of aromatic hydroxyl groups is 4. The Balaban J connectivity index is 0.000000124. The van der Waals surface area contributed by atoms with Gasteiger partial charge in [0, 0.05) is 47.9 Å². The van der Waals surface area contributed by atoms with E-state index < -0.39 is 0 Å². The van der Waals surface area contributed by atoms with E-state index in [2.05, 4.69) is 21.3 Å². The van der Waals surface area contributed by atoms with Gasteiger partial charge in [-0.15, -0.1) is 0 Å². The molecule has 4 amide bonds. The number of anilines is 4. The Kier molecular flexibility index (Phi) is 25.7. The van der Waals surface area contributed by atoms with Crippen LogP contribution in [-0.4, -0.2) is 83.9 Å². The maximum absolute atomic E-state index is 12.9. The number of phenolic OH excluding ortho intramolecular Hbond substituents is 4. The number of phenols is 4. The van der Waals surface area contributed by atoms with Gasteiger partial charge in [0.2, 0.25) is 23.6 Å². The minimum Gasteiger partial charge on any atom is -0.508 e. The molecule has 8 aromatic rings. The van der Waals surface area contributed by atoms with Crippen LogP contribution in [-0.2, 0) is 96.2 Å². The van der Waals surface area contributed by atoms with Crippen LogP contribution in [0.2, 0.25) is 0 Å². The molecule has 0 radical (unpaired) electrons. The predicted octanol–water partition coefficient (Wildman–Crippen LogP) is 18.6. The zero-order valence-electron chi connectivity index (χ0n) is 66.4. The predicted molar refractivity (Wildman–Crippen MR) is 439 cm³/mol. The van der Waals surface area contributed by atoms with Crippen molar-refractivity contribution in [2.45, 2.75) is 266 Å². The number of aromatic nitrogens is 8. The van der Waals surface area contributed by atoms with Crippen molar-refractivity contribution >= 4 is 46.9 Å². The van der Waals surface area contributed by atoms with Gasteiger partial charge in [-0.25, -0.2) is 39.9 Å². The normalized spacial score (nSPS) is 17.2. The molecule has 590 valence electrons. The maximum Gasteiger partial charge on any atom is 0.228 e. The Morgan fingerprint density at radius 1 is 0.366 bits per heavy atom. The summed E-state index contributed by atoms with van der Waals surface area (Å²) in [7, 11) is 0. The van der Waals surface area contributed by atoms with E-state index in [0.29, 0.717) is 88.9 Å². The molecule has 5 saturated carbocycles. The highest BCUT2D eigenvalue weighted by Crippen LogP contribution is 2.43. The van der Waals surface area contributed by atoms with Crippen LogP contribution in [0.15, 0.2) is 72.8 Å². The van der Waals surface area contributed by atoms with Crippen LogP contribution in [0.5, 0.6) is 23.0 Å². The largest absolute Gasteiger partial charge is 0.508 e. The first kappa shape index (κ1) is 78.9. The van der Waals surface area contributed by atoms with Crippen LogP contribution in [0.4, 0.5) is 23.3 Å². The zero-order valence-corrected chi connectivity index (χ0v) is 66.4. The lowest BCUT2D eigenvalue weighted by atomic mass is 9.87. The smallest absolute Gasteiger partial charge is 0.228 e. The number of nitrogens with one attached hydrogen (secondary N) is 4. The van der Waals surface area contributed by atoms with Crippen LogP contribution in [0.3, 0.4) is 0 Å². The number of fused-ring (bicyclic) bond motifs is 12. The first-order valence-electron chi connectivity index (χ1n) is 42.4. The summed E-state index contributed by atoms with van der Waals surface area (Å²) >= 11 is 0. The molecule has 17 rings (SSSR count). The van der Waals surface area contributed by atoms with Gasteiger partial charge in [0.15, 0.2) is 23.3 Å². The summed E-state index contributed by atoms with van der Waals surface area (Å²) in [5.41, 5.74) is 19.8. The van der Waals surface area contributed by atoms with Crippen LogP contribution in [0.1, 0.15) is 257 Å². The van der Waals surface area contributed by atoms with Gasteiger partial charge in [-0.1, -0.05) is 150 Å². The molecule has 4 heterocycles. The van der Waals surface area contributed by atoms with Gasteiger partial charge in [0.05, 0.1) is 68.3 Å². The van der Waals surface area contributed by atoms with E-state index in [9.17, 15) is 39.6 Å². The van der Waals surface area contributed by atoms with Crippen molar-refractivity contribution < 1.29 is 39.6 Å². The molecule has 20 heteroatoms. The van der Waals surface area contributed by atoms with E-state index in [1.807, 2.05) is 76.2 Å². The van der Waals surface area contributed by atoms with Crippen LogP contribution < -0.4 is 21.3 Å². The first-order valence-corrected chi connectivity index (χ1v) is 42.4. The lowest BCUT2D eigenvalue weighted by molar-refractivity contribution is -0.119. The van der Waals surface area contributed by atoms with E-state index in [4.69, 9.17) is 39.9 Å². The van der Waals surface area contributed by atoms with Crippen molar-refractivity contribution in [1.82, 2.24) is 39.9 Å². The Hall–Kier alpha value is -9.72. The molecule has 112 heavy (non-hydrogen) atoms. The van der Waals surface area contributed by atoms with Gasteiger partial charge in [0.25, 0.3) is 0 Å². The number of carbonyl (C=O) groups is 4. The number of rotatable bonds is 18. The maximum atomic E-state index is 12.9. The lowest BCUT2D eigenvalue weighted by Crippen LogP contribution is -2.23. The number of nitrogens with zero attached hydrogens (tertiary/aromatic N) is 8. The second-order valence-electron chi connectivity index (χ2n) is 33.9. The average molecular weight is 1520 g/mol. The highest BCUT2D eigenvalue weighted by Gasteiger charge is 2.32. The minimum atomic E-state index is -0.108. The first-order chi connectivity index (χ1) is 54.3. The topological polar surface area (TPSA) is 300 Å². The van der Waals surface area contributed by atoms with Gasteiger partial charge in [-0.05, 0) is 227 Å². The monoisotopic (exact) mass is 1510 g/mol. The van der Waals surface area contributed by atoms with E-state index in [1.54, 1.807) is 24.3 Å². The van der Waals surface area contributed by atoms with Crippen molar-refractivity contribution in [1.29, 1.82) is 0 Å². The summed E-state index contributed by atoms with van der Waals surface area (Å²) in [5.74, 6) is 7.08. The number of carbonyl (C=O) groups excluding carboxylic acids is 4. The van der Waals surface area contributed by atoms with Gasteiger partial charge in [0.1, 0.15) is 23.0 Å². The molecule has 1 atom stereocenters. The molecule has 5 fully saturated rings. The molecule has 9 aliphatic rings. The zero-order chi connectivity index (χ0) is 77.9. The third kappa shape index (κ3) is 19.6.